The van der Waals surface area contributed by atoms with Crippen LogP contribution < -0.4 is 9.46 Å². The van der Waals surface area contributed by atoms with Gasteiger partial charge in [-0.15, -0.1) is 0 Å². The number of nitrogens with zero attached hydrogens (tertiary/aromatic N) is 1. The fraction of sp³-hybridized carbons (Fsp3) is 0.143. The molecule has 0 aliphatic rings. The van der Waals surface area contributed by atoms with Crippen molar-refractivity contribution >= 4 is 27.3 Å². The predicted molar refractivity (Wildman–Crippen MR) is 85.2 cm³/mol. The highest BCUT2D eigenvalue weighted by Crippen LogP contribution is 2.16. The Hall–Kier alpha value is -2.16. The van der Waals surface area contributed by atoms with Crippen molar-refractivity contribution in [1.29, 1.82) is 0 Å². The van der Waals surface area contributed by atoms with Crippen molar-refractivity contribution in [3.63, 3.8) is 0 Å². The fourth-order valence-electron chi connectivity index (χ4n) is 1.71. The highest BCUT2D eigenvalue weighted by Gasteiger charge is 2.15. The molecule has 0 fully saturated rings. The van der Waals surface area contributed by atoms with Gasteiger partial charge in [-0.25, -0.2) is 13.1 Å². The van der Waals surface area contributed by atoms with Gasteiger partial charge in [0.1, 0.15) is 12.4 Å². The Morgan fingerprint density at radius 2 is 1.70 bits per heavy atom. The summed E-state index contributed by atoms with van der Waals surface area (Å²) in [4.78, 5) is 9.90. The third-order valence-corrected chi connectivity index (χ3v) is 4.56. The summed E-state index contributed by atoms with van der Waals surface area (Å²) >= 11 is 5.74. The van der Waals surface area contributed by atoms with Gasteiger partial charge in [0.15, 0.2) is 0 Å². The first-order valence-electron chi connectivity index (χ1n) is 6.51. The Kier molecular flexibility index (Phi) is 5.54. The van der Waals surface area contributed by atoms with Gasteiger partial charge in [0.05, 0.1) is 9.82 Å². The lowest BCUT2D eigenvalue weighted by molar-refractivity contribution is -0.384. The van der Waals surface area contributed by atoms with Gasteiger partial charge in [0, 0.05) is 23.7 Å². The molecule has 0 aliphatic heterocycles. The Labute approximate surface area is 138 Å². The molecule has 0 radical (unpaired) electrons. The lowest BCUT2D eigenvalue weighted by Crippen LogP contribution is -2.28. The minimum absolute atomic E-state index is 0.0467. The van der Waals surface area contributed by atoms with E-state index in [2.05, 4.69) is 4.72 Å². The molecule has 122 valence electrons. The van der Waals surface area contributed by atoms with Gasteiger partial charge in [0.25, 0.3) is 5.69 Å². The molecule has 0 aliphatic carbocycles. The van der Waals surface area contributed by atoms with Gasteiger partial charge >= 0.3 is 0 Å². The van der Waals surface area contributed by atoms with Crippen LogP contribution in [0.15, 0.2) is 53.4 Å². The van der Waals surface area contributed by atoms with E-state index in [1.54, 1.807) is 24.3 Å². The van der Waals surface area contributed by atoms with Crippen molar-refractivity contribution < 1.29 is 18.1 Å². The molecule has 0 atom stereocenters. The van der Waals surface area contributed by atoms with E-state index in [-0.39, 0.29) is 23.7 Å². The minimum Gasteiger partial charge on any atom is -0.492 e. The number of nitrogens with one attached hydrogen (secondary N) is 1. The molecule has 7 nitrogen and oxygen atoms in total. The van der Waals surface area contributed by atoms with Crippen molar-refractivity contribution in [2.75, 3.05) is 13.2 Å². The Bertz CT molecular complexity index is 776. The highest BCUT2D eigenvalue weighted by atomic mass is 35.5. The molecule has 2 rings (SSSR count). The molecule has 2 aromatic rings. The molecule has 0 saturated heterocycles. The molecule has 0 aromatic heterocycles. The summed E-state index contributed by atoms with van der Waals surface area (Å²) in [5.74, 6) is 0.573. The number of halogens is 1. The Morgan fingerprint density at radius 3 is 2.26 bits per heavy atom. The molecule has 0 unspecified atom stereocenters. The van der Waals surface area contributed by atoms with Crippen molar-refractivity contribution in [2.24, 2.45) is 0 Å². The number of rotatable bonds is 7. The van der Waals surface area contributed by atoms with Crippen molar-refractivity contribution in [3.8, 4) is 5.75 Å². The molecule has 0 amide bonds. The monoisotopic (exact) mass is 356 g/mol. The molecule has 0 spiro atoms. The van der Waals surface area contributed by atoms with Crippen LogP contribution in [-0.2, 0) is 10.0 Å². The molecule has 9 heteroatoms. The zero-order valence-corrected chi connectivity index (χ0v) is 13.4. The maximum absolute atomic E-state index is 12.0. The highest BCUT2D eigenvalue weighted by molar-refractivity contribution is 7.89. The average molecular weight is 357 g/mol. The number of nitro benzene ring substituents is 1. The van der Waals surface area contributed by atoms with Crippen molar-refractivity contribution in [2.45, 2.75) is 4.90 Å². The maximum atomic E-state index is 12.0. The summed E-state index contributed by atoms with van der Waals surface area (Å²) in [6.45, 7) is 0.190. The molecule has 0 saturated carbocycles. The molecular weight excluding hydrogens is 344 g/mol. The van der Waals surface area contributed by atoms with Gasteiger partial charge < -0.3 is 4.74 Å². The second kappa shape index (κ2) is 7.40. The predicted octanol–water partition coefficient (Wildman–Crippen LogP) is 2.61. The minimum atomic E-state index is -3.74. The topological polar surface area (TPSA) is 98.5 Å². The first-order chi connectivity index (χ1) is 10.9. The van der Waals surface area contributed by atoms with Crippen LogP contribution in [0.2, 0.25) is 5.02 Å². The number of hydrogen-bond donors (Lipinski definition) is 1. The smallest absolute Gasteiger partial charge is 0.269 e. The van der Waals surface area contributed by atoms with E-state index in [0.29, 0.717) is 10.8 Å². The number of hydrogen-bond acceptors (Lipinski definition) is 5. The number of nitro groups is 1. The van der Waals surface area contributed by atoms with E-state index in [9.17, 15) is 18.5 Å². The summed E-state index contributed by atoms with van der Waals surface area (Å²) in [7, 11) is -3.74. The lowest BCUT2D eigenvalue weighted by atomic mass is 10.3. The van der Waals surface area contributed by atoms with Crippen molar-refractivity contribution in [1.82, 2.24) is 4.72 Å². The number of ether oxygens (including phenoxy) is 1. The zero-order chi connectivity index (χ0) is 16.9. The van der Waals surface area contributed by atoms with E-state index in [0.717, 1.165) is 12.1 Å². The molecule has 0 bridgehead atoms. The standard InChI is InChI=1S/C14H13ClN2O5S/c15-11-1-5-13(6-2-11)22-10-9-16-23(20,21)14-7-3-12(4-8-14)17(18)19/h1-8,16H,9-10H2. The van der Waals surface area contributed by atoms with E-state index < -0.39 is 14.9 Å². The van der Waals surface area contributed by atoms with Gasteiger partial charge in [0.2, 0.25) is 10.0 Å². The number of benzene rings is 2. The summed E-state index contributed by atoms with van der Waals surface area (Å²) in [6.07, 6.45) is 0. The van der Waals surface area contributed by atoms with Crippen LogP contribution in [0.3, 0.4) is 0 Å². The third-order valence-electron chi connectivity index (χ3n) is 2.83. The molecule has 0 heterocycles. The third kappa shape index (κ3) is 4.92. The van der Waals surface area contributed by atoms with Crippen LogP contribution in [0.1, 0.15) is 0 Å². The lowest BCUT2D eigenvalue weighted by Gasteiger charge is -2.08. The van der Waals surface area contributed by atoms with E-state index in [1.165, 1.54) is 12.1 Å². The summed E-state index contributed by atoms with van der Waals surface area (Å²) in [5, 5.41) is 11.1. The molecule has 23 heavy (non-hydrogen) atoms. The Balaban J connectivity index is 1.88. The molecule has 2 aromatic carbocycles. The summed E-state index contributed by atoms with van der Waals surface area (Å²) in [6, 6.07) is 11.3. The second-order valence-electron chi connectivity index (χ2n) is 4.45. The maximum Gasteiger partial charge on any atom is 0.269 e. The van der Waals surface area contributed by atoms with E-state index >= 15 is 0 Å². The van der Waals surface area contributed by atoms with Gasteiger partial charge in [-0.05, 0) is 36.4 Å². The van der Waals surface area contributed by atoms with Crippen molar-refractivity contribution in [3.05, 3.63) is 63.7 Å². The van der Waals surface area contributed by atoms with Crippen LogP contribution in [0, 0.1) is 10.1 Å². The summed E-state index contributed by atoms with van der Waals surface area (Å²) < 4.78 is 31.8. The van der Waals surface area contributed by atoms with E-state index in [4.69, 9.17) is 16.3 Å². The average Bonchev–Trinajstić information content (AvgIpc) is 2.53. The number of sulfonamides is 1. The SMILES string of the molecule is O=[N+]([O-])c1ccc(S(=O)(=O)NCCOc2ccc(Cl)cc2)cc1. The van der Waals surface area contributed by atoms with Gasteiger partial charge in [-0.3, -0.25) is 10.1 Å². The molecule has 1 N–H and O–H groups in total. The Morgan fingerprint density at radius 1 is 1.09 bits per heavy atom. The van der Waals surface area contributed by atoms with E-state index in [1.807, 2.05) is 0 Å². The van der Waals surface area contributed by atoms with Crippen LogP contribution in [0.25, 0.3) is 0 Å². The molecular formula is C14H13ClN2O5S. The largest absolute Gasteiger partial charge is 0.492 e. The first-order valence-corrected chi connectivity index (χ1v) is 8.37. The van der Waals surface area contributed by atoms with Crippen LogP contribution in [-0.4, -0.2) is 26.5 Å². The zero-order valence-electron chi connectivity index (χ0n) is 11.8. The normalized spacial score (nSPS) is 11.2. The van der Waals surface area contributed by atoms with Gasteiger partial charge in [-0.1, -0.05) is 11.6 Å². The quantitative estimate of drug-likeness (QED) is 0.467. The fourth-order valence-corrected chi connectivity index (χ4v) is 2.85. The first kappa shape index (κ1) is 17.2. The van der Waals surface area contributed by atoms with Crippen LogP contribution in [0.5, 0.6) is 5.75 Å². The van der Waals surface area contributed by atoms with Crippen LogP contribution >= 0.6 is 11.6 Å². The van der Waals surface area contributed by atoms with Gasteiger partial charge in [-0.2, -0.15) is 0 Å². The number of non-ortho nitro benzene ring substituents is 1. The second-order valence-corrected chi connectivity index (χ2v) is 6.65. The van der Waals surface area contributed by atoms with Crippen LogP contribution in [0.4, 0.5) is 5.69 Å². The summed E-state index contributed by atoms with van der Waals surface area (Å²) in [5.41, 5.74) is -0.171.